The highest BCUT2D eigenvalue weighted by Crippen LogP contribution is 2.54. The van der Waals surface area contributed by atoms with Crippen molar-refractivity contribution in [2.75, 3.05) is 10.2 Å². The molecule has 1 aromatic heterocycles. The zero-order valence-corrected chi connectivity index (χ0v) is 22.9. The third kappa shape index (κ3) is 4.92. The Labute approximate surface area is 243 Å². The SMILES string of the molecule is O=C(Cn1c2c(sc1=O)[C@@H](c1ccc(F)cc1)C1C(=O)N(c3cccc(C(F)(F)F)c3)C(=O)C1S2)Nc1ccccc1. The number of carbonyl (C=O) groups is 3. The van der Waals surface area contributed by atoms with E-state index in [1.165, 1.54) is 34.9 Å². The lowest BCUT2D eigenvalue weighted by molar-refractivity contribution is -0.137. The molecule has 3 atom stereocenters. The maximum atomic E-state index is 13.8. The summed E-state index contributed by atoms with van der Waals surface area (Å²) in [4.78, 5) is 54.3. The number of halogens is 4. The van der Waals surface area contributed by atoms with E-state index < -0.39 is 57.2 Å². The minimum Gasteiger partial charge on any atom is -0.325 e. The summed E-state index contributed by atoms with van der Waals surface area (Å²) in [6.45, 7) is -0.375. The van der Waals surface area contributed by atoms with Gasteiger partial charge in [-0.3, -0.25) is 23.7 Å². The van der Waals surface area contributed by atoms with Crippen LogP contribution in [-0.4, -0.2) is 27.5 Å². The fraction of sp³-hybridized carbons (Fsp3) is 0.172. The Balaban J connectivity index is 1.42. The van der Waals surface area contributed by atoms with Gasteiger partial charge in [-0.15, -0.1) is 0 Å². The molecule has 1 fully saturated rings. The summed E-state index contributed by atoms with van der Waals surface area (Å²) in [5.41, 5.74) is -0.279. The lowest BCUT2D eigenvalue weighted by Gasteiger charge is -2.30. The summed E-state index contributed by atoms with van der Waals surface area (Å²) in [5, 5.41) is 1.90. The van der Waals surface area contributed by atoms with Crippen LogP contribution in [-0.2, 0) is 27.1 Å². The molecule has 4 aromatic rings. The van der Waals surface area contributed by atoms with Gasteiger partial charge in [0.2, 0.25) is 17.7 Å². The molecule has 2 unspecified atom stereocenters. The number of carbonyl (C=O) groups excluding carboxylic acids is 3. The number of thioether (sulfide) groups is 1. The van der Waals surface area contributed by atoms with Gasteiger partial charge in [-0.2, -0.15) is 13.2 Å². The molecule has 2 aliphatic rings. The van der Waals surface area contributed by atoms with Crippen LogP contribution < -0.4 is 15.1 Å². The van der Waals surface area contributed by atoms with E-state index in [0.29, 0.717) is 21.2 Å². The second-order valence-corrected chi connectivity index (χ2v) is 11.8. The van der Waals surface area contributed by atoms with Gasteiger partial charge in [-0.25, -0.2) is 9.29 Å². The van der Waals surface area contributed by atoms with Crippen LogP contribution in [0.15, 0.2) is 88.7 Å². The normalized spacial score (nSPS) is 19.9. The third-order valence-electron chi connectivity index (χ3n) is 7.07. The van der Waals surface area contributed by atoms with Crippen molar-refractivity contribution in [3.05, 3.63) is 110 Å². The number of thiazole rings is 1. The van der Waals surface area contributed by atoms with Crippen LogP contribution >= 0.6 is 23.1 Å². The molecule has 1 N–H and O–H groups in total. The van der Waals surface area contributed by atoms with Crippen molar-refractivity contribution in [1.29, 1.82) is 0 Å². The predicted molar refractivity (Wildman–Crippen MR) is 149 cm³/mol. The van der Waals surface area contributed by atoms with Crippen LogP contribution in [0.3, 0.4) is 0 Å². The fourth-order valence-electron chi connectivity index (χ4n) is 5.23. The number of nitrogens with one attached hydrogen (secondary N) is 1. The zero-order valence-electron chi connectivity index (χ0n) is 21.3. The first-order valence-electron chi connectivity index (χ1n) is 12.6. The highest BCUT2D eigenvalue weighted by Gasteiger charge is 2.57. The van der Waals surface area contributed by atoms with E-state index in [9.17, 15) is 36.7 Å². The lowest BCUT2D eigenvalue weighted by atomic mass is 9.83. The Morgan fingerprint density at radius 3 is 2.31 bits per heavy atom. The Bertz CT molecular complexity index is 1770. The van der Waals surface area contributed by atoms with Gasteiger partial charge in [0.25, 0.3) is 0 Å². The third-order valence-corrected chi connectivity index (χ3v) is 9.67. The van der Waals surface area contributed by atoms with Crippen molar-refractivity contribution in [2.45, 2.75) is 28.9 Å². The molecule has 3 aromatic carbocycles. The number of rotatable bonds is 5. The Morgan fingerprint density at radius 2 is 1.62 bits per heavy atom. The molecular weight excluding hydrogens is 594 g/mol. The van der Waals surface area contributed by atoms with Gasteiger partial charge in [0, 0.05) is 16.5 Å². The lowest BCUT2D eigenvalue weighted by Crippen LogP contribution is -2.33. The van der Waals surface area contributed by atoms with Crippen LogP contribution in [0.2, 0.25) is 0 Å². The molecule has 1 saturated heterocycles. The largest absolute Gasteiger partial charge is 0.416 e. The summed E-state index contributed by atoms with van der Waals surface area (Å²) in [5.74, 6) is -4.47. The number of aromatic nitrogens is 1. The number of hydrogen-bond acceptors (Lipinski definition) is 6. The molecule has 0 aliphatic carbocycles. The first-order valence-corrected chi connectivity index (χ1v) is 14.3. The van der Waals surface area contributed by atoms with Gasteiger partial charge < -0.3 is 5.32 Å². The van der Waals surface area contributed by atoms with Gasteiger partial charge in [0.1, 0.15) is 17.6 Å². The van der Waals surface area contributed by atoms with E-state index in [4.69, 9.17) is 0 Å². The topological polar surface area (TPSA) is 88.5 Å². The van der Waals surface area contributed by atoms with Crippen molar-refractivity contribution < 1.29 is 31.9 Å². The summed E-state index contributed by atoms with van der Waals surface area (Å²) < 4.78 is 55.4. The van der Waals surface area contributed by atoms with Crippen LogP contribution in [0.5, 0.6) is 0 Å². The number of para-hydroxylation sites is 1. The molecule has 214 valence electrons. The van der Waals surface area contributed by atoms with Gasteiger partial charge in [0.15, 0.2) is 0 Å². The number of benzene rings is 3. The van der Waals surface area contributed by atoms with Gasteiger partial charge in [-0.1, -0.05) is 59.5 Å². The van der Waals surface area contributed by atoms with Crippen LogP contribution in [0, 0.1) is 11.7 Å². The first kappa shape index (κ1) is 27.9. The molecule has 7 nitrogen and oxygen atoms in total. The number of nitrogens with zero attached hydrogens (tertiary/aromatic N) is 2. The first-order chi connectivity index (χ1) is 20.0. The van der Waals surface area contributed by atoms with Crippen LogP contribution in [0.25, 0.3) is 0 Å². The quantitative estimate of drug-likeness (QED) is 0.237. The van der Waals surface area contributed by atoms with Gasteiger partial charge in [0.05, 0.1) is 22.2 Å². The molecule has 3 amide bonds. The van der Waals surface area contributed by atoms with Crippen LogP contribution in [0.4, 0.5) is 28.9 Å². The van der Waals surface area contributed by atoms with E-state index in [2.05, 4.69) is 5.32 Å². The predicted octanol–water partition coefficient (Wildman–Crippen LogP) is 5.50. The number of anilines is 2. The second kappa shape index (κ2) is 10.6. The van der Waals surface area contributed by atoms with E-state index in [1.807, 2.05) is 0 Å². The number of hydrogen-bond donors (Lipinski definition) is 1. The molecule has 0 radical (unpaired) electrons. The average molecular weight is 614 g/mol. The number of imide groups is 1. The van der Waals surface area contributed by atoms with Crippen molar-refractivity contribution in [1.82, 2.24) is 4.57 Å². The molecule has 42 heavy (non-hydrogen) atoms. The van der Waals surface area contributed by atoms with Gasteiger partial charge in [-0.05, 0) is 48.0 Å². The smallest absolute Gasteiger partial charge is 0.325 e. The monoisotopic (exact) mass is 613 g/mol. The molecule has 13 heteroatoms. The summed E-state index contributed by atoms with van der Waals surface area (Å²) in [6.07, 6.45) is -4.69. The number of amides is 3. The standard InChI is InChI=1S/C29H19F4N3O4S2/c30-17-11-9-15(10-12-17)21-22-23(26(39)36(25(22)38)19-8-4-5-16(13-19)29(31,32)33)41-27-24(21)42-28(40)35(27)14-20(37)34-18-6-2-1-3-7-18/h1-13,21-23H,14H2,(H,34,37)/t21-,22?,23?/m0/s1. The molecule has 6 rings (SSSR count). The van der Waals surface area contributed by atoms with E-state index in [-0.39, 0.29) is 12.2 Å². The van der Waals surface area contributed by atoms with Crippen molar-refractivity contribution in [3.63, 3.8) is 0 Å². The highest BCUT2D eigenvalue weighted by atomic mass is 32.2. The van der Waals surface area contributed by atoms with E-state index in [0.717, 1.165) is 46.2 Å². The Hall–Kier alpha value is -4.23. The van der Waals surface area contributed by atoms with E-state index in [1.54, 1.807) is 30.3 Å². The minimum absolute atomic E-state index is 0.226. The van der Waals surface area contributed by atoms with Crippen molar-refractivity contribution >= 4 is 52.2 Å². The van der Waals surface area contributed by atoms with Gasteiger partial charge >= 0.3 is 11.0 Å². The Kier molecular flexibility index (Phi) is 7.01. The molecule has 3 heterocycles. The number of fused-ring (bicyclic) bond motifs is 2. The maximum absolute atomic E-state index is 13.8. The summed E-state index contributed by atoms with van der Waals surface area (Å²) in [7, 11) is 0. The zero-order chi connectivity index (χ0) is 29.8. The fourth-order valence-corrected chi connectivity index (χ4v) is 8.00. The Morgan fingerprint density at radius 1 is 0.905 bits per heavy atom. The molecule has 2 aliphatic heterocycles. The number of alkyl halides is 3. The van der Waals surface area contributed by atoms with Crippen molar-refractivity contribution in [3.8, 4) is 0 Å². The summed E-state index contributed by atoms with van der Waals surface area (Å²) in [6, 6.07) is 17.8. The maximum Gasteiger partial charge on any atom is 0.416 e. The molecule has 0 saturated carbocycles. The molecule has 0 bridgehead atoms. The second-order valence-electron chi connectivity index (χ2n) is 9.69. The van der Waals surface area contributed by atoms with E-state index >= 15 is 0 Å². The minimum atomic E-state index is -4.69. The highest BCUT2D eigenvalue weighted by molar-refractivity contribution is 8.00. The molecule has 0 spiro atoms. The van der Waals surface area contributed by atoms with Crippen LogP contribution in [0.1, 0.15) is 21.9 Å². The average Bonchev–Trinajstić information content (AvgIpc) is 3.40. The molecular formula is C29H19F4N3O4S2. The van der Waals surface area contributed by atoms with Crippen molar-refractivity contribution in [2.24, 2.45) is 5.92 Å². The summed E-state index contributed by atoms with van der Waals surface area (Å²) >= 11 is 1.74.